The molecule has 3 nitrogen and oxygen atoms in total. The van der Waals surface area contributed by atoms with Crippen molar-refractivity contribution >= 4 is 15.9 Å². The van der Waals surface area contributed by atoms with Gasteiger partial charge < -0.3 is 15.3 Å². The first kappa shape index (κ1) is 16.9. The number of nitrogens with zero attached hydrogens (tertiary/aromatic N) is 1. The SMILES string of the molecule is CCNC(CCN1CCC(C(C)O)C1)c1cccc(Br)c1. The maximum atomic E-state index is 9.70. The third-order valence-electron chi connectivity index (χ3n) is 4.43. The third-order valence-corrected chi connectivity index (χ3v) is 4.92. The lowest BCUT2D eigenvalue weighted by Gasteiger charge is -2.23. The number of halogens is 1. The molecule has 2 N–H and O–H groups in total. The molecule has 3 atom stereocenters. The van der Waals surface area contributed by atoms with E-state index in [-0.39, 0.29) is 6.10 Å². The second-order valence-corrected chi connectivity index (χ2v) is 6.96. The molecule has 3 unspecified atom stereocenters. The molecule has 1 heterocycles. The van der Waals surface area contributed by atoms with Gasteiger partial charge in [0.15, 0.2) is 0 Å². The van der Waals surface area contributed by atoms with Crippen LogP contribution in [0.5, 0.6) is 0 Å². The van der Waals surface area contributed by atoms with E-state index in [4.69, 9.17) is 0 Å². The first-order chi connectivity index (χ1) is 10.1. The summed E-state index contributed by atoms with van der Waals surface area (Å²) in [6, 6.07) is 8.97. The summed E-state index contributed by atoms with van der Waals surface area (Å²) in [5.41, 5.74) is 1.34. The van der Waals surface area contributed by atoms with E-state index in [1.165, 1.54) is 5.56 Å². The number of aliphatic hydroxyl groups excluding tert-OH is 1. The standard InChI is InChI=1S/C17H27BrN2O/c1-3-19-17(14-5-4-6-16(18)11-14)8-10-20-9-7-15(12-20)13(2)21/h4-6,11,13,15,17,19,21H,3,7-10,12H2,1-2H3. The van der Waals surface area contributed by atoms with E-state index >= 15 is 0 Å². The Bertz CT molecular complexity index is 439. The first-order valence-electron chi connectivity index (χ1n) is 7.99. The molecule has 1 aliphatic heterocycles. The van der Waals surface area contributed by atoms with E-state index in [0.29, 0.717) is 12.0 Å². The molecule has 21 heavy (non-hydrogen) atoms. The van der Waals surface area contributed by atoms with E-state index in [0.717, 1.165) is 43.5 Å². The van der Waals surface area contributed by atoms with Crippen molar-refractivity contribution in [3.63, 3.8) is 0 Å². The summed E-state index contributed by atoms with van der Waals surface area (Å²) >= 11 is 3.56. The number of aliphatic hydroxyl groups is 1. The van der Waals surface area contributed by atoms with Crippen LogP contribution < -0.4 is 5.32 Å². The summed E-state index contributed by atoms with van der Waals surface area (Å²) in [6.07, 6.45) is 2.06. The van der Waals surface area contributed by atoms with E-state index < -0.39 is 0 Å². The van der Waals surface area contributed by atoms with Crippen molar-refractivity contribution in [2.45, 2.75) is 38.8 Å². The van der Waals surface area contributed by atoms with Gasteiger partial charge in [-0.3, -0.25) is 0 Å². The Hall–Kier alpha value is -0.420. The second-order valence-electron chi connectivity index (χ2n) is 6.04. The number of hydrogen-bond acceptors (Lipinski definition) is 3. The Morgan fingerprint density at radius 2 is 2.29 bits per heavy atom. The predicted molar refractivity (Wildman–Crippen MR) is 91.4 cm³/mol. The molecule has 1 aromatic carbocycles. The highest BCUT2D eigenvalue weighted by Gasteiger charge is 2.26. The average Bonchev–Trinajstić information content (AvgIpc) is 2.92. The normalized spacial score (nSPS) is 22.4. The van der Waals surface area contributed by atoms with Crippen molar-refractivity contribution in [3.8, 4) is 0 Å². The van der Waals surface area contributed by atoms with Gasteiger partial charge in [0.1, 0.15) is 0 Å². The van der Waals surface area contributed by atoms with Gasteiger partial charge >= 0.3 is 0 Å². The number of nitrogens with one attached hydrogen (secondary N) is 1. The average molecular weight is 355 g/mol. The van der Waals surface area contributed by atoms with Gasteiger partial charge in [-0.25, -0.2) is 0 Å². The van der Waals surface area contributed by atoms with Crippen LogP contribution in [0.3, 0.4) is 0 Å². The predicted octanol–water partition coefficient (Wildman–Crippen LogP) is 3.19. The van der Waals surface area contributed by atoms with Gasteiger partial charge in [-0.05, 0) is 63.0 Å². The molecule has 0 saturated carbocycles. The maximum Gasteiger partial charge on any atom is 0.0552 e. The van der Waals surface area contributed by atoms with Crippen LogP contribution in [-0.4, -0.2) is 42.3 Å². The van der Waals surface area contributed by atoms with Crippen LogP contribution in [-0.2, 0) is 0 Å². The molecule has 2 rings (SSSR count). The fraction of sp³-hybridized carbons (Fsp3) is 0.647. The first-order valence-corrected chi connectivity index (χ1v) is 8.78. The molecule has 0 amide bonds. The molecule has 4 heteroatoms. The summed E-state index contributed by atoms with van der Waals surface area (Å²) in [4.78, 5) is 2.49. The molecule has 118 valence electrons. The fourth-order valence-corrected chi connectivity index (χ4v) is 3.54. The van der Waals surface area contributed by atoms with Gasteiger partial charge in [-0.1, -0.05) is 35.0 Å². The lowest BCUT2D eigenvalue weighted by Crippen LogP contribution is -2.29. The number of rotatable bonds is 7. The summed E-state index contributed by atoms with van der Waals surface area (Å²) in [5, 5.41) is 13.3. The monoisotopic (exact) mass is 354 g/mol. The Balaban J connectivity index is 1.89. The molecule has 0 bridgehead atoms. The smallest absolute Gasteiger partial charge is 0.0552 e. The zero-order valence-electron chi connectivity index (χ0n) is 13.1. The molecular weight excluding hydrogens is 328 g/mol. The summed E-state index contributed by atoms with van der Waals surface area (Å²) in [6.45, 7) is 8.30. The van der Waals surface area contributed by atoms with Crippen LogP contribution in [0.25, 0.3) is 0 Å². The van der Waals surface area contributed by atoms with Crippen LogP contribution in [0.4, 0.5) is 0 Å². The van der Waals surface area contributed by atoms with Crippen LogP contribution in [0.15, 0.2) is 28.7 Å². The van der Waals surface area contributed by atoms with Crippen molar-refractivity contribution in [2.75, 3.05) is 26.2 Å². The second kappa shape index (κ2) is 8.28. The lowest BCUT2D eigenvalue weighted by atomic mass is 10.0. The van der Waals surface area contributed by atoms with Gasteiger partial charge in [0.25, 0.3) is 0 Å². The van der Waals surface area contributed by atoms with E-state index in [2.05, 4.69) is 57.3 Å². The van der Waals surface area contributed by atoms with Crippen LogP contribution in [0, 0.1) is 5.92 Å². The van der Waals surface area contributed by atoms with Crippen LogP contribution in [0.1, 0.15) is 38.3 Å². The van der Waals surface area contributed by atoms with E-state index in [1.807, 2.05) is 6.92 Å². The molecule has 0 radical (unpaired) electrons. The Kier molecular flexibility index (Phi) is 6.68. The molecule has 1 aliphatic rings. The van der Waals surface area contributed by atoms with Crippen molar-refractivity contribution < 1.29 is 5.11 Å². The highest BCUT2D eigenvalue weighted by Crippen LogP contribution is 2.24. The number of likely N-dealkylation sites (tertiary alicyclic amines) is 1. The van der Waals surface area contributed by atoms with E-state index in [9.17, 15) is 5.11 Å². The number of benzene rings is 1. The van der Waals surface area contributed by atoms with Crippen LogP contribution >= 0.6 is 15.9 Å². The van der Waals surface area contributed by atoms with Gasteiger partial charge in [0.2, 0.25) is 0 Å². The van der Waals surface area contributed by atoms with Gasteiger partial charge in [0.05, 0.1) is 6.10 Å². The number of hydrogen-bond donors (Lipinski definition) is 2. The zero-order valence-corrected chi connectivity index (χ0v) is 14.6. The van der Waals surface area contributed by atoms with Gasteiger partial charge in [-0.2, -0.15) is 0 Å². The summed E-state index contributed by atoms with van der Waals surface area (Å²) < 4.78 is 1.14. The van der Waals surface area contributed by atoms with Crippen LogP contribution in [0.2, 0.25) is 0 Å². The Labute approximate surface area is 136 Å². The molecule has 0 aliphatic carbocycles. The molecule has 0 aromatic heterocycles. The van der Waals surface area contributed by atoms with Gasteiger partial charge in [0, 0.05) is 17.1 Å². The summed E-state index contributed by atoms with van der Waals surface area (Å²) in [7, 11) is 0. The molecule has 1 aromatic rings. The van der Waals surface area contributed by atoms with E-state index in [1.54, 1.807) is 0 Å². The highest BCUT2D eigenvalue weighted by atomic mass is 79.9. The minimum absolute atomic E-state index is 0.176. The maximum absolute atomic E-state index is 9.70. The zero-order chi connectivity index (χ0) is 15.2. The summed E-state index contributed by atoms with van der Waals surface area (Å²) in [5.74, 6) is 0.452. The van der Waals surface area contributed by atoms with Crippen molar-refractivity contribution in [2.24, 2.45) is 5.92 Å². The van der Waals surface area contributed by atoms with Gasteiger partial charge in [-0.15, -0.1) is 0 Å². The Morgan fingerprint density at radius 1 is 1.48 bits per heavy atom. The molecular formula is C17H27BrN2O. The highest BCUT2D eigenvalue weighted by molar-refractivity contribution is 9.10. The largest absolute Gasteiger partial charge is 0.393 e. The quantitative estimate of drug-likeness (QED) is 0.789. The van der Waals surface area contributed by atoms with Crippen molar-refractivity contribution in [1.29, 1.82) is 0 Å². The lowest BCUT2D eigenvalue weighted by molar-refractivity contribution is 0.127. The fourth-order valence-electron chi connectivity index (χ4n) is 3.13. The van der Waals surface area contributed by atoms with Crippen molar-refractivity contribution in [3.05, 3.63) is 34.3 Å². The topological polar surface area (TPSA) is 35.5 Å². The Morgan fingerprint density at radius 3 is 2.90 bits per heavy atom. The third kappa shape index (κ3) is 5.06. The minimum Gasteiger partial charge on any atom is -0.393 e. The minimum atomic E-state index is -0.176. The molecule has 0 spiro atoms. The van der Waals surface area contributed by atoms with Crippen molar-refractivity contribution in [1.82, 2.24) is 10.2 Å². The molecule has 1 fully saturated rings. The molecule has 1 saturated heterocycles.